The van der Waals surface area contributed by atoms with E-state index in [1.165, 1.54) is 27.8 Å². The van der Waals surface area contributed by atoms with Crippen molar-refractivity contribution in [3.05, 3.63) is 56.4 Å². The summed E-state index contributed by atoms with van der Waals surface area (Å²) >= 11 is 3.12. The summed E-state index contributed by atoms with van der Waals surface area (Å²) in [6.07, 6.45) is 3.20. The molecule has 0 radical (unpaired) electrons. The number of hydrogen-bond acceptors (Lipinski definition) is 6. The Labute approximate surface area is 163 Å². The number of nitrogens with zero attached hydrogens (tertiary/aromatic N) is 3. The van der Waals surface area contributed by atoms with E-state index in [-0.39, 0.29) is 5.56 Å². The highest BCUT2D eigenvalue weighted by molar-refractivity contribution is 7.98. The minimum Gasteiger partial charge on any atom is -0.309 e. The summed E-state index contributed by atoms with van der Waals surface area (Å²) in [6, 6.07) is 8.14. The summed E-state index contributed by atoms with van der Waals surface area (Å²) in [5.74, 6) is 1.93. The van der Waals surface area contributed by atoms with Crippen LogP contribution in [0, 0.1) is 6.92 Å². The molecule has 0 amide bonds. The number of fused-ring (bicyclic) bond motifs is 3. The van der Waals surface area contributed by atoms with Gasteiger partial charge in [-0.1, -0.05) is 41.6 Å². The van der Waals surface area contributed by atoms with Crippen molar-refractivity contribution in [3.63, 3.8) is 0 Å². The molecule has 0 fully saturated rings. The van der Waals surface area contributed by atoms with Gasteiger partial charge in [0.05, 0.1) is 11.1 Å². The van der Waals surface area contributed by atoms with Gasteiger partial charge in [-0.25, -0.2) is 9.97 Å². The lowest BCUT2D eigenvalue weighted by atomic mass is 10.1. The maximum absolute atomic E-state index is 12.5. The molecular weight excluding hydrogens is 378 g/mol. The van der Waals surface area contributed by atoms with Crippen LogP contribution in [0.15, 0.2) is 34.2 Å². The zero-order valence-electron chi connectivity index (χ0n) is 14.7. The smallest absolute Gasteiger partial charge is 0.259 e. The van der Waals surface area contributed by atoms with Gasteiger partial charge in [0.1, 0.15) is 10.7 Å². The summed E-state index contributed by atoms with van der Waals surface area (Å²) in [5.41, 5.74) is 3.39. The van der Waals surface area contributed by atoms with Crippen molar-refractivity contribution < 1.29 is 0 Å². The zero-order valence-corrected chi connectivity index (χ0v) is 16.3. The van der Waals surface area contributed by atoms with Crippen molar-refractivity contribution >= 4 is 33.3 Å². The lowest BCUT2D eigenvalue weighted by Crippen LogP contribution is -2.11. The Balaban J connectivity index is 1.36. The third kappa shape index (κ3) is 3.08. The van der Waals surface area contributed by atoms with Crippen molar-refractivity contribution in [1.29, 1.82) is 0 Å². The summed E-state index contributed by atoms with van der Waals surface area (Å²) < 4.78 is 0. The van der Waals surface area contributed by atoms with E-state index in [1.807, 2.05) is 24.3 Å². The first-order valence-electron chi connectivity index (χ1n) is 8.83. The quantitative estimate of drug-likeness (QED) is 0.512. The number of H-pyrrole nitrogens is 2. The maximum atomic E-state index is 12.5. The Kier molecular flexibility index (Phi) is 4.09. The molecule has 8 heteroatoms. The van der Waals surface area contributed by atoms with Crippen molar-refractivity contribution in [3.8, 4) is 11.4 Å². The van der Waals surface area contributed by atoms with E-state index in [2.05, 4.69) is 32.1 Å². The van der Waals surface area contributed by atoms with Crippen LogP contribution in [0.3, 0.4) is 0 Å². The fourth-order valence-electron chi connectivity index (χ4n) is 3.40. The van der Waals surface area contributed by atoms with Gasteiger partial charge in [-0.15, -0.1) is 16.4 Å². The van der Waals surface area contributed by atoms with Crippen LogP contribution >= 0.6 is 23.1 Å². The molecule has 0 unspecified atom stereocenters. The van der Waals surface area contributed by atoms with E-state index in [0.717, 1.165) is 40.9 Å². The number of benzene rings is 1. The third-order valence-corrected chi connectivity index (χ3v) is 6.80. The minimum atomic E-state index is -0.0228. The highest BCUT2D eigenvalue weighted by Gasteiger charge is 2.21. The van der Waals surface area contributed by atoms with Gasteiger partial charge in [-0.2, -0.15) is 0 Å². The maximum Gasteiger partial charge on any atom is 0.259 e. The van der Waals surface area contributed by atoms with E-state index < -0.39 is 0 Å². The van der Waals surface area contributed by atoms with Crippen molar-refractivity contribution in [2.75, 3.05) is 0 Å². The second-order valence-electron chi connectivity index (χ2n) is 6.67. The van der Waals surface area contributed by atoms with Gasteiger partial charge in [-0.05, 0) is 31.7 Å². The van der Waals surface area contributed by atoms with E-state index >= 15 is 0 Å². The number of aryl methyl sites for hydroxylation is 3. The number of rotatable bonds is 4. The van der Waals surface area contributed by atoms with Crippen molar-refractivity contribution in [1.82, 2.24) is 25.1 Å². The molecule has 1 aromatic carbocycles. The fraction of sp³-hybridized carbons (Fsp3) is 0.263. The minimum absolute atomic E-state index is 0.0228. The molecule has 0 bridgehead atoms. The highest BCUT2D eigenvalue weighted by Crippen LogP contribution is 2.34. The zero-order chi connectivity index (χ0) is 18.4. The third-order valence-electron chi connectivity index (χ3n) is 4.75. The second kappa shape index (κ2) is 6.61. The molecule has 1 aliphatic carbocycles. The second-order valence-corrected chi connectivity index (χ2v) is 8.70. The van der Waals surface area contributed by atoms with Crippen LogP contribution in [-0.2, 0) is 18.6 Å². The van der Waals surface area contributed by atoms with Crippen LogP contribution in [0.4, 0.5) is 0 Å². The number of thiophene rings is 1. The summed E-state index contributed by atoms with van der Waals surface area (Å²) in [5, 5.41) is 8.67. The first-order valence-corrected chi connectivity index (χ1v) is 10.6. The van der Waals surface area contributed by atoms with Crippen LogP contribution in [0.2, 0.25) is 0 Å². The molecule has 0 atom stereocenters. The standard InChI is InChI=1S/C19H17N5OS2/c1-10-5-7-11(8-6-10)16-22-19(24-23-16)26-9-14-20-17(25)15-12-3-2-4-13(12)27-18(15)21-14/h5-8H,2-4,9H2,1H3,(H,20,21,25)(H,22,23,24). The van der Waals surface area contributed by atoms with Crippen LogP contribution in [0.25, 0.3) is 21.6 Å². The lowest BCUT2D eigenvalue weighted by molar-refractivity contribution is 0.915. The van der Waals surface area contributed by atoms with Crippen molar-refractivity contribution in [2.45, 2.75) is 37.1 Å². The van der Waals surface area contributed by atoms with Crippen LogP contribution < -0.4 is 5.56 Å². The first-order chi connectivity index (χ1) is 13.2. The van der Waals surface area contributed by atoms with Crippen LogP contribution in [-0.4, -0.2) is 25.1 Å². The molecule has 27 heavy (non-hydrogen) atoms. The van der Waals surface area contributed by atoms with E-state index in [0.29, 0.717) is 16.7 Å². The highest BCUT2D eigenvalue weighted by atomic mass is 32.2. The molecule has 0 spiro atoms. The molecule has 2 N–H and O–H groups in total. The number of thioether (sulfide) groups is 1. The average molecular weight is 396 g/mol. The monoisotopic (exact) mass is 395 g/mol. The molecule has 0 saturated carbocycles. The summed E-state index contributed by atoms with van der Waals surface area (Å²) in [7, 11) is 0. The predicted molar refractivity (Wildman–Crippen MR) is 108 cm³/mol. The normalized spacial score (nSPS) is 13.4. The largest absolute Gasteiger partial charge is 0.309 e. The van der Waals surface area contributed by atoms with Gasteiger partial charge >= 0.3 is 0 Å². The van der Waals surface area contributed by atoms with Gasteiger partial charge < -0.3 is 4.98 Å². The molecule has 4 aromatic rings. The Morgan fingerprint density at radius 3 is 2.89 bits per heavy atom. The van der Waals surface area contributed by atoms with E-state index in [9.17, 15) is 4.79 Å². The Bertz CT molecular complexity index is 1190. The first kappa shape index (κ1) is 16.7. The van der Waals surface area contributed by atoms with Gasteiger partial charge in [-0.3, -0.25) is 9.89 Å². The van der Waals surface area contributed by atoms with Gasteiger partial charge in [0.25, 0.3) is 5.56 Å². The Hall–Kier alpha value is -2.45. The molecule has 5 rings (SSSR count). The number of aromatic nitrogens is 5. The average Bonchev–Trinajstić information content (AvgIpc) is 3.36. The van der Waals surface area contributed by atoms with Crippen LogP contribution in [0.5, 0.6) is 0 Å². The molecule has 136 valence electrons. The SMILES string of the molecule is Cc1ccc(-c2nc(SCc3nc4sc5c(c4c(=O)[nH]3)CCC5)n[nH]2)cc1. The van der Waals surface area contributed by atoms with Gasteiger partial charge in [0.2, 0.25) is 5.16 Å². The lowest BCUT2D eigenvalue weighted by Gasteiger charge is -1.99. The topological polar surface area (TPSA) is 87.3 Å². The van der Waals surface area contributed by atoms with E-state index in [1.54, 1.807) is 11.3 Å². The number of hydrogen-bond donors (Lipinski definition) is 2. The van der Waals surface area contributed by atoms with Crippen molar-refractivity contribution in [2.24, 2.45) is 0 Å². The van der Waals surface area contributed by atoms with E-state index in [4.69, 9.17) is 0 Å². The summed E-state index contributed by atoms with van der Waals surface area (Å²) in [6.45, 7) is 2.05. The Morgan fingerprint density at radius 1 is 1.19 bits per heavy atom. The number of nitrogens with one attached hydrogen (secondary N) is 2. The predicted octanol–water partition coefficient (Wildman–Crippen LogP) is 3.86. The molecule has 6 nitrogen and oxygen atoms in total. The Morgan fingerprint density at radius 2 is 2.04 bits per heavy atom. The molecular formula is C19H17N5OS2. The fourth-order valence-corrected chi connectivity index (χ4v) is 5.35. The molecule has 3 aromatic heterocycles. The molecule has 0 saturated heterocycles. The molecule has 1 aliphatic rings. The molecule has 3 heterocycles. The van der Waals surface area contributed by atoms with Gasteiger partial charge in [0, 0.05) is 10.4 Å². The summed E-state index contributed by atoms with van der Waals surface area (Å²) in [4.78, 5) is 26.8. The number of aromatic amines is 2. The molecule has 0 aliphatic heterocycles. The van der Waals surface area contributed by atoms with Crippen LogP contribution in [0.1, 0.15) is 28.2 Å². The van der Waals surface area contributed by atoms with Gasteiger partial charge in [0.15, 0.2) is 5.82 Å².